The second-order valence-corrected chi connectivity index (χ2v) is 2.83. The summed E-state index contributed by atoms with van der Waals surface area (Å²) in [6.45, 7) is 0.968. The molecular weight excluding hydrogens is 247 g/mol. The van der Waals surface area contributed by atoms with E-state index in [4.69, 9.17) is 9.66 Å². The Morgan fingerprint density at radius 1 is 1.50 bits per heavy atom. The largest absolute Gasteiger partial charge is 0.375 e. The predicted molar refractivity (Wildman–Crippen MR) is 38.6 cm³/mol. The van der Waals surface area contributed by atoms with Crippen LogP contribution in [0.15, 0.2) is 0 Å². The van der Waals surface area contributed by atoms with Gasteiger partial charge in [-0.3, -0.25) is 4.55 Å². The van der Waals surface area contributed by atoms with Crippen molar-refractivity contribution in [1.82, 2.24) is 0 Å². The topological polar surface area (TPSA) is 74.6 Å². The number of rotatable bonds is 1. The van der Waals surface area contributed by atoms with E-state index in [1.54, 1.807) is 0 Å². The molecule has 0 aromatic carbocycles. The van der Waals surface area contributed by atoms with Crippen molar-refractivity contribution < 1.29 is 18.1 Å². The van der Waals surface area contributed by atoms with Crippen molar-refractivity contribution in [3.63, 3.8) is 0 Å². The van der Waals surface area contributed by atoms with Crippen molar-refractivity contribution in [3.05, 3.63) is 0 Å². The lowest BCUT2D eigenvalue weighted by Gasteiger charge is -1.94. The maximum absolute atomic E-state index is 9.64. The molecular formula is C2H7IO4S. The average Bonchev–Trinajstić information content (AvgIpc) is 1.31. The number of aliphatic hydroxyl groups excluding tert-OH is 1. The Hall–Kier alpha value is 0.600. The molecule has 1 unspecified atom stereocenters. The molecule has 0 bridgehead atoms. The van der Waals surface area contributed by atoms with Crippen LogP contribution in [0.25, 0.3) is 0 Å². The van der Waals surface area contributed by atoms with Crippen molar-refractivity contribution in [2.24, 2.45) is 0 Å². The van der Waals surface area contributed by atoms with Crippen LogP contribution in [0, 0.1) is 0 Å². The zero-order chi connectivity index (χ0) is 6.08. The lowest BCUT2D eigenvalue weighted by atomic mass is 10.9. The Kier molecular flexibility index (Phi) is 5.12. The molecule has 0 radical (unpaired) electrons. The maximum atomic E-state index is 9.64. The highest BCUT2D eigenvalue weighted by Gasteiger charge is 2.10. The van der Waals surface area contributed by atoms with Gasteiger partial charge in [0.2, 0.25) is 0 Å². The summed E-state index contributed by atoms with van der Waals surface area (Å²) in [4.78, 5) is 0. The fraction of sp³-hybridized carbons (Fsp3) is 1.00. The second kappa shape index (κ2) is 3.59. The Labute approximate surface area is 64.7 Å². The van der Waals surface area contributed by atoms with Crippen molar-refractivity contribution >= 4 is 34.1 Å². The molecule has 0 amide bonds. The van der Waals surface area contributed by atoms with Gasteiger partial charge in [0.05, 0.1) is 0 Å². The highest BCUT2D eigenvalue weighted by Crippen LogP contribution is 1.88. The molecule has 0 aliphatic heterocycles. The van der Waals surface area contributed by atoms with Crippen molar-refractivity contribution in [2.75, 3.05) is 0 Å². The Balaban J connectivity index is 0. The minimum Gasteiger partial charge on any atom is -0.375 e. The average molecular weight is 254 g/mol. The van der Waals surface area contributed by atoms with E-state index in [1.807, 2.05) is 0 Å². The summed E-state index contributed by atoms with van der Waals surface area (Å²) in [6.07, 6.45) is 0. The highest BCUT2D eigenvalue weighted by molar-refractivity contribution is 14.0. The molecule has 1 atom stereocenters. The van der Waals surface area contributed by atoms with Crippen LogP contribution in [-0.2, 0) is 10.1 Å². The van der Waals surface area contributed by atoms with E-state index in [9.17, 15) is 8.42 Å². The number of hydrogen-bond acceptors (Lipinski definition) is 3. The SMILES string of the molecule is CC(O)S(=O)(=O)O.I. The summed E-state index contributed by atoms with van der Waals surface area (Å²) in [6, 6.07) is 0. The van der Waals surface area contributed by atoms with Crippen LogP contribution >= 0.6 is 24.0 Å². The van der Waals surface area contributed by atoms with E-state index in [-0.39, 0.29) is 24.0 Å². The van der Waals surface area contributed by atoms with Gasteiger partial charge >= 0.3 is 0 Å². The third kappa shape index (κ3) is 4.75. The van der Waals surface area contributed by atoms with Crippen molar-refractivity contribution in [3.8, 4) is 0 Å². The smallest absolute Gasteiger partial charge is 0.291 e. The van der Waals surface area contributed by atoms with E-state index >= 15 is 0 Å². The summed E-state index contributed by atoms with van der Waals surface area (Å²) in [5.74, 6) is 0. The fourth-order valence-electron chi connectivity index (χ4n) is 0. The molecule has 0 heterocycles. The zero-order valence-electron chi connectivity index (χ0n) is 4.10. The third-order valence-corrected chi connectivity index (χ3v) is 1.29. The van der Waals surface area contributed by atoms with Gasteiger partial charge in [-0.2, -0.15) is 8.42 Å². The molecule has 4 nitrogen and oxygen atoms in total. The molecule has 0 saturated heterocycles. The lowest BCUT2D eigenvalue weighted by molar-refractivity contribution is 0.252. The molecule has 0 aromatic heterocycles. The van der Waals surface area contributed by atoms with Crippen LogP contribution in [0.1, 0.15) is 6.92 Å². The Morgan fingerprint density at radius 3 is 1.62 bits per heavy atom. The number of halogens is 1. The van der Waals surface area contributed by atoms with Gasteiger partial charge in [0.15, 0.2) is 5.44 Å². The zero-order valence-corrected chi connectivity index (χ0v) is 7.25. The first-order valence-corrected chi connectivity index (χ1v) is 3.09. The molecule has 0 aliphatic rings. The number of hydrogen-bond donors (Lipinski definition) is 2. The van der Waals surface area contributed by atoms with E-state index in [1.165, 1.54) is 0 Å². The summed E-state index contributed by atoms with van der Waals surface area (Å²) in [5.41, 5.74) is -1.67. The van der Waals surface area contributed by atoms with Crippen LogP contribution in [0.4, 0.5) is 0 Å². The van der Waals surface area contributed by atoms with Gasteiger partial charge in [-0.15, -0.1) is 24.0 Å². The first-order chi connectivity index (χ1) is 2.94. The normalized spacial score (nSPS) is 14.4. The molecule has 0 rings (SSSR count). The van der Waals surface area contributed by atoms with Crippen molar-refractivity contribution in [1.29, 1.82) is 0 Å². The molecule has 0 aliphatic carbocycles. The van der Waals surface area contributed by atoms with Crippen LogP contribution in [0.5, 0.6) is 0 Å². The minimum atomic E-state index is -4.19. The lowest BCUT2D eigenvalue weighted by Crippen LogP contribution is -2.14. The maximum Gasteiger partial charge on any atom is 0.291 e. The monoisotopic (exact) mass is 254 g/mol. The first kappa shape index (κ1) is 11.4. The molecule has 0 fully saturated rings. The van der Waals surface area contributed by atoms with Crippen LogP contribution < -0.4 is 0 Å². The van der Waals surface area contributed by atoms with Gasteiger partial charge in [-0.05, 0) is 6.92 Å². The summed E-state index contributed by atoms with van der Waals surface area (Å²) in [5, 5.41) is 8.05. The van der Waals surface area contributed by atoms with Crippen molar-refractivity contribution in [2.45, 2.75) is 12.4 Å². The molecule has 8 heavy (non-hydrogen) atoms. The van der Waals surface area contributed by atoms with Crippen LogP contribution in [0.2, 0.25) is 0 Å². The highest BCUT2D eigenvalue weighted by atomic mass is 127. The quantitative estimate of drug-likeness (QED) is 0.503. The summed E-state index contributed by atoms with van der Waals surface area (Å²) in [7, 11) is -4.19. The van der Waals surface area contributed by atoms with E-state index in [0.29, 0.717) is 0 Å². The van der Waals surface area contributed by atoms with Gasteiger partial charge in [-0.1, -0.05) is 0 Å². The van der Waals surface area contributed by atoms with Crippen LogP contribution in [-0.4, -0.2) is 23.5 Å². The van der Waals surface area contributed by atoms with Crippen LogP contribution in [0.3, 0.4) is 0 Å². The van der Waals surface area contributed by atoms with Gasteiger partial charge in [0.25, 0.3) is 10.1 Å². The van der Waals surface area contributed by atoms with Gasteiger partial charge in [0.1, 0.15) is 0 Å². The fourth-order valence-corrected chi connectivity index (χ4v) is 0. The van der Waals surface area contributed by atoms with E-state index in [0.717, 1.165) is 6.92 Å². The molecule has 0 aromatic rings. The Morgan fingerprint density at radius 2 is 1.62 bits per heavy atom. The predicted octanol–water partition coefficient (Wildman–Crippen LogP) is -0.170. The first-order valence-electron chi connectivity index (χ1n) is 1.59. The molecule has 2 N–H and O–H groups in total. The molecule has 0 spiro atoms. The summed E-state index contributed by atoms with van der Waals surface area (Å²) >= 11 is 0. The van der Waals surface area contributed by atoms with Gasteiger partial charge in [-0.25, -0.2) is 0 Å². The molecule has 0 saturated carbocycles. The van der Waals surface area contributed by atoms with Gasteiger partial charge in [0, 0.05) is 0 Å². The third-order valence-electron chi connectivity index (χ3n) is 0.431. The van der Waals surface area contributed by atoms with Gasteiger partial charge < -0.3 is 5.11 Å². The Bertz CT molecular complexity index is 136. The second-order valence-electron chi connectivity index (χ2n) is 1.11. The minimum absolute atomic E-state index is 0. The standard InChI is InChI=1S/C2H6O4S.HI/c1-2(3)7(4,5)6;/h2-3H,1H3,(H,4,5,6);1H. The van der Waals surface area contributed by atoms with E-state index in [2.05, 4.69) is 0 Å². The summed E-state index contributed by atoms with van der Waals surface area (Å²) < 4.78 is 27.1. The molecule has 6 heteroatoms. The molecule has 52 valence electrons. The number of aliphatic hydroxyl groups is 1. The van der Waals surface area contributed by atoms with E-state index < -0.39 is 15.6 Å².